The van der Waals surface area contributed by atoms with Crippen molar-refractivity contribution in [3.8, 4) is 0 Å². The Balaban J connectivity index is 2.36. The summed E-state index contributed by atoms with van der Waals surface area (Å²) in [6.07, 6.45) is 2.11. The lowest BCUT2D eigenvalue weighted by molar-refractivity contribution is -0.124. The van der Waals surface area contributed by atoms with Crippen molar-refractivity contribution in [1.82, 2.24) is 0 Å². The summed E-state index contributed by atoms with van der Waals surface area (Å²) in [6, 6.07) is 0. The smallest absolute Gasteiger partial charge is 0.147 e. The standard InChI is InChI=1S/C10H9FO3/c11-10-7(1-2-12)9(13)3-6-4-14-5-8(6)10/h2,4,7H,1,3,5H2. The van der Waals surface area contributed by atoms with E-state index in [-0.39, 0.29) is 25.2 Å². The molecule has 0 aromatic carbocycles. The van der Waals surface area contributed by atoms with Crippen molar-refractivity contribution < 1.29 is 18.7 Å². The van der Waals surface area contributed by atoms with E-state index in [0.717, 1.165) is 0 Å². The van der Waals surface area contributed by atoms with E-state index in [1.807, 2.05) is 0 Å². The van der Waals surface area contributed by atoms with Crippen molar-refractivity contribution in [3.63, 3.8) is 0 Å². The molecule has 0 aromatic rings. The van der Waals surface area contributed by atoms with Crippen molar-refractivity contribution in [2.45, 2.75) is 12.8 Å². The molecule has 1 unspecified atom stereocenters. The van der Waals surface area contributed by atoms with Gasteiger partial charge in [-0.2, -0.15) is 0 Å². The first-order chi connectivity index (χ1) is 6.74. The number of hydrogen-bond donors (Lipinski definition) is 0. The van der Waals surface area contributed by atoms with Gasteiger partial charge in [-0.3, -0.25) is 4.79 Å². The number of carbonyl (C=O) groups excluding carboxylic acids is 2. The number of ether oxygens (including phenoxy) is 1. The maximum absolute atomic E-state index is 13.6. The molecule has 0 saturated heterocycles. The first-order valence-corrected chi connectivity index (χ1v) is 4.40. The molecular formula is C10H9FO3. The average Bonchev–Trinajstić information content (AvgIpc) is 2.60. The van der Waals surface area contributed by atoms with Crippen LogP contribution in [0.5, 0.6) is 0 Å². The second-order valence-electron chi connectivity index (χ2n) is 3.38. The fourth-order valence-corrected chi connectivity index (χ4v) is 1.75. The molecule has 1 aliphatic carbocycles. The molecule has 2 rings (SSSR count). The normalized spacial score (nSPS) is 25.6. The van der Waals surface area contributed by atoms with E-state index in [0.29, 0.717) is 17.4 Å². The molecular weight excluding hydrogens is 187 g/mol. The lowest BCUT2D eigenvalue weighted by atomic mass is 9.84. The SMILES string of the molecule is O=CCC1C(=O)CC2=COCC2=C1F. The van der Waals surface area contributed by atoms with Crippen molar-refractivity contribution in [1.29, 1.82) is 0 Å². The van der Waals surface area contributed by atoms with Gasteiger partial charge in [0.25, 0.3) is 0 Å². The Kier molecular flexibility index (Phi) is 2.19. The molecule has 0 bridgehead atoms. The number of fused-ring (bicyclic) bond motifs is 1. The van der Waals surface area contributed by atoms with Crippen LogP contribution in [0.25, 0.3) is 0 Å². The Bertz CT molecular complexity index is 354. The molecule has 0 radical (unpaired) electrons. The third-order valence-corrected chi connectivity index (χ3v) is 2.52. The van der Waals surface area contributed by atoms with Crippen LogP contribution >= 0.6 is 0 Å². The lowest BCUT2D eigenvalue weighted by Crippen LogP contribution is -2.22. The molecule has 1 aliphatic heterocycles. The number of halogens is 1. The number of Topliss-reactive ketones (excluding diaryl/α,β-unsaturated/α-hetero) is 1. The number of hydrogen-bond acceptors (Lipinski definition) is 3. The van der Waals surface area contributed by atoms with Crippen LogP contribution in [0.4, 0.5) is 4.39 Å². The lowest BCUT2D eigenvalue weighted by Gasteiger charge is -2.19. The fraction of sp³-hybridized carbons (Fsp3) is 0.400. The Hall–Kier alpha value is -1.45. The molecule has 0 aromatic heterocycles. The molecule has 0 spiro atoms. The molecule has 74 valence electrons. The maximum Gasteiger partial charge on any atom is 0.147 e. The monoisotopic (exact) mass is 196 g/mol. The zero-order valence-electron chi connectivity index (χ0n) is 7.46. The van der Waals surface area contributed by atoms with Crippen LogP contribution in [-0.2, 0) is 14.3 Å². The summed E-state index contributed by atoms with van der Waals surface area (Å²) in [6.45, 7) is 0.184. The summed E-state index contributed by atoms with van der Waals surface area (Å²) >= 11 is 0. The van der Waals surface area contributed by atoms with Gasteiger partial charge in [0.1, 0.15) is 24.5 Å². The minimum absolute atomic E-state index is 0.0680. The predicted molar refractivity (Wildman–Crippen MR) is 46.0 cm³/mol. The molecule has 14 heavy (non-hydrogen) atoms. The number of allylic oxidation sites excluding steroid dienone is 1. The van der Waals surface area contributed by atoms with E-state index in [1.54, 1.807) is 0 Å². The summed E-state index contributed by atoms with van der Waals surface area (Å²) < 4.78 is 18.6. The third-order valence-electron chi connectivity index (χ3n) is 2.52. The average molecular weight is 196 g/mol. The minimum atomic E-state index is -0.874. The molecule has 4 heteroatoms. The van der Waals surface area contributed by atoms with Gasteiger partial charge in [-0.15, -0.1) is 0 Å². The highest BCUT2D eigenvalue weighted by Crippen LogP contribution is 2.36. The molecule has 0 amide bonds. The highest BCUT2D eigenvalue weighted by molar-refractivity contribution is 5.90. The Morgan fingerprint density at radius 1 is 1.64 bits per heavy atom. The highest BCUT2D eigenvalue weighted by atomic mass is 19.1. The summed E-state index contributed by atoms with van der Waals surface area (Å²) in [5.41, 5.74) is 1.08. The van der Waals surface area contributed by atoms with Gasteiger partial charge >= 0.3 is 0 Å². The zero-order valence-corrected chi connectivity index (χ0v) is 7.46. The molecule has 0 saturated carbocycles. The van der Waals surface area contributed by atoms with Crippen LogP contribution in [0, 0.1) is 5.92 Å². The van der Waals surface area contributed by atoms with Gasteiger partial charge in [-0.1, -0.05) is 0 Å². The summed E-state index contributed by atoms with van der Waals surface area (Å²) in [5, 5.41) is 0. The van der Waals surface area contributed by atoms with Gasteiger partial charge in [0, 0.05) is 24.0 Å². The number of rotatable bonds is 2. The van der Waals surface area contributed by atoms with E-state index in [2.05, 4.69) is 0 Å². The minimum Gasteiger partial charge on any atom is -0.496 e. The Labute approximate surface area is 80.2 Å². The molecule has 2 aliphatic rings. The Morgan fingerprint density at radius 2 is 2.43 bits per heavy atom. The van der Waals surface area contributed by atoms with E-state index in [4.69, 9.17) is 4.74 Å². The Morgan fingerprint density at radius 3 is 3.14 bits per heavy atom. The number of carbonyl (C=O) groups is 2. The van der Waals surface area contributed by atoms with Gasteiger partial charge in [0.05, 0.1) is 12.2 Å². The second kappa shape index (κ2) is 3.36. The van der Waals surface area contributed by atoms with Crippen molar-refractivity contribution in [3.05, 3.63) is 23.2 Å². The summed E-state index contributed by atoms with van der Waals surface area (Å²) in [5.74, 6) is -1.60. The van der Waals surface area contributed by atoms with Gasteiger partial charge in [0.2, 0.25) is 0 Å². The highest BCUT2D eigenvalue weighted by Gasteiger charge is 2.35. The molecule has 0 N–H and O–H groups in total. The van der Waals surface area contributed by atoms with Gasteiger partial charge < -0.3 is 9.53 Å². The van der Waals surface area contributed by atoms with Crippen LogP contribution in [-0.4, -0.2) is 18.7 Å². The predicted octanol–water partition coefficient (Wildman–Crippen LogP) is 1.30. The van der Waals surface area contributed by atoms with Crippen LogP contribution in [0.15, 0.2) is 23.2 Å². The van der Waals surface area contributed by atoms with Crippen LogP contribution < -0.4 is 0 Å². The van der Waals surface area contributed by atoms with Crippen molar-refractivity contribution >= 4 is 12.1 Å². The number of ketones is 1. The van der Waals surface area contributed by atoms with E-state index >= 15 is 0 Å². The van der Waals surface area contributed by atoms with Crippen LogP contribution in [0.2, 0.25) is 0 Å². The first-order valence-electron chi connectivity index (χ1n) is 4.40. The second-order valence-corrected chi connectivity index (χ2v) is 3.38. The van der Waals surface area contributed by atoms with E-state index in [1.165, 1.54) is 6.26 Å². The van der Waals surface area contributed by atoms with Crippen LogP contribution in [0.3, 0.4) is 0 Å². The van der Waals surface area contributed by atoms with E-state index in [9.17, 15) is 14.0 Å². The van der Waals surface area contributed by atoms with Gasteiger partial charge in [0.15, 0.2) is 0 Å². The topological polar surface area (TPSA) is 43.4 Å². The quantitative estimate of drug-likeness (QED) is 0.625. The molecule has 0 fully saturated rings. The van der Waals surface area contributed by atoms with Crippen LogP contribution in [0.1, 0.15) is 12.8 Å². The molecule has 1 atom stereocenters. The fourth-order valence-electron chi connectivity index (χ4n) is 1.75. The third kappa shape index (κ3) is 1.27. The van der Waals surface area contributed by atoms with Crippen molar-refractivity contribution in [2.75, 3.05) is 6.61 Å². The van der Waals surface area contributed by atoms with Gasteiger partial charge in [-0.25, -0.2) is 4.39 Å². The van der Waals surface area contributed by atoms with Gasteiger partial charge in [-0.05, 0) is 0 Å². The van der Waals surface area contributed by atoms with E-state index < -0.39 is 11.7 Å². The molecule has 1 heterocycles. The largest absolute Gasteiger partial charge is 0.496 e. The summed E-state index contributed by atoms with van der Waals surface area (Å²) in [4.78, 5) is 21.7. The maximum atomic E-state index is 13.6. The summed E-state index contributed by atoms with van der Waals surface area (Å²) in [7, 11) is 0. The van der Waals surface area contributed by atoms with Crippen molar-refractivity contribution in [2.24, 2.45) is 5.92 Å². The first kappa shape index (κ1) is 9.12. The molecule has 3 nitrogen and oxygen atoms in total. The zero-order chi connectivity index (χ0) is 10.1. The number of aldehydes is 1.